The predicted molar refractivity (Wildman–Crippen MR) is 381 cm³/mol. The van der Waals surface area contributed by atoms with Gasteiger partial charge < -0.3 is 14.2 Å². The van der Waals surface area contributed by atoms with Crippen LogP contribution >= 0.6 is 11.3 Å². The molecule has 2 heterocycles. The zero-order valence-corrected chi connectivity index (χ0v) is 51.0. The monoisotopic (exact) mass is 1170 g/mol. The molecule has 2 aromatic heterocycles. The first kappa shape index (κ1) is 52.4. The van der Waals surface area contributed by atoms with Gasteiger partial charge in [-0.3, -0.25) is 0 Å². The number of thiophene rings is 1. The van der Waals surface area contributed by atoms with Crippen LogP contribution in [0.2, 0.25) is 0 Å². The van der Waals surface area contributed by atoms with Crippen LogP contribution in [-0.2, 0) is 17.3 Å². The molecule has 0 N–H and O–H groups in total. The molecule has 1 unspecified atom stereocenters. The Hall–Kier alpha value is -10.8. The Balaban J connectivity index is 0.787. The second-order valence-corrected chi connectivity index (χ2v) is 26.4. The topological polar surface area (TPSA) is 19.6 Å². The summed E-state index contributed by atoms with van der Waals surface area (Å²) in [5.74, 6) is 0. The minimum absolute atomic E-state index is 0.197. The van der Waals surface area contributed by atoms with E-state index in [-0.39, 0.29) is 5.41 Å². The van der Waals surface area contributed by atoms with Crippen LogP contribution in [0.25, 0.3) is 108 Å². The van der Waals surface area contributed by atoms with Crippen molar-refractivity contribution in [1.82, 2.24) is 0 Å². The van der Waals surface area contributed by atoms with Gasteiger partial charge in [-0.2, -0.15) is 0 Å². The van der Waals surface area contributed by atoms with E-state index in [4.69, 9.17) is 4.42 Å². The van der Waals surface area contributed by atoms with Crippen LogP contribution in [0, 0.1) is 0 Å². The standard InChI is InChI=1S/C86H60N2OS/c1-85(2)73-31-17-14-29-69(73)81-75(85)49-59-24-10-12-26-65(59)83(81)87(61-39-35-57(36-40-61)55-20-6-4-7-21-55)63-43-46-77-71(51-63)67-45-34-54(48-78(67)89-77)53-86(3)74-32-18-15-30-70(74)82-76(86)50-60-25-11-13-27-66(60)84(82)88(62-41-37-58(38-42-62)56-22-8-5-9-23-56)64-44-47-80-72(52-64)68-28-16-19-33-79(68)90-80/h4-52H,53H2,1-3H3. The maximum absolute atomic E-state index is 7.03. The van der Waals surface area contributed by atoms with E-state index in [0.717, 1.165) is 51.1 Å². The number of hydrogen-bond acceptors (Lipinski definition) is 4. The predicted octanol–water partition coefficient (Wildman–Crippen LogP) is 24.4. The summed E-state index contributed by atoms with van der Waals surface area (Å²) < 4.78 is 9.61. The van der Waals surface area contributed by atoms with Crippen LogP contribution < -0.4 is 9.80 Å². The minimum Gasteiger partial charge on any atom is -0.456 e. The number of fused-ring (bicyclic) bond motifs is 14. The molecule has 0 spiro atoms. The largest absolute Gasteiger partial charge is 0.456 e. The van der Waals surface area contributed by atoms with Gasteiger partial charge in [0, 0.05) is 86.4 Å². The summed E-state index contributed by atoms with van der Waals surface area (Å²) >= 11 is 1.86. The van der Waals surface area contributed by atoms with Crippen molar-refractivity contribution in [3.63, 3.8) is 0 Å². The first-order valence-corrected chi connectivity index (χ1v) is 32.2. The average Bonchev–Trinajstić information content (AvgIpc) is 1.53. The van der Waals surface area contributed by atoms with Gasteiger partial charge in [-0.25, -0.2) is 0 Å². The van der Waals surface area contributed by atoms with E-state index in [1.54, 1.807) is 0 Å². The van der Waals surface area contributed by atoms with E-state index in [1.807, 2.05) is 11.3 Å². The van der Waals surface area contributed by atoms with E-state index in [2.05, 4.69) is 328 Å². The van der Waals surface area contributed by atoms with Crippen LogP contribution in [0.15, 0.2) is 302 Å². The van der Waals surface area contributed by atoms with Crippen molar-refractivity contribution in [2.75, 3.05) is 9.80 Å². The maximum Gasteiger partial charge on any atom is 0.135 e. The van der Waals surface area contributed by atoms with E-state index >= 15 is 0 Å². The third kappa shape index (κ3) is 8.04. The van der Waals surface area contributed by atoms with Gasteiger partial charge >= 0.3 is 0 Å². The lowest BCUT2D eigenvalue weighted by Gasteiger charge is -2.32. The van der Waals surface area contributed by atoms with E-state index in [0.29, 0.717) is 0 Å². The zero-order chi connectivity index (χ0) is 59.8. The summed E-state index contributed by atoms with van der Waals surface area (Å²) in [6.45, 7) is 7.23. The Morgan fingerprint density at radius 3 is 1.44 bits per heavy atom. The molecular weight excluding hydrogens is 1110 g/mol. The summed E-state index contributed by atoms with van der Waals surface area (Å²) in [6, 6.07) is 111. The smallest absolute Gasteiger partial charge is 0.135 e. The molecule has 0 bridgehead atoms. The second kappa shape index (κ2) is 20.1. The molecule has 0 fully saturated rings. The van der Waals surface area contributed by atoms with E-state index in [1.165, 1.54) is 125 Å². The highest BCUT2D eigenvalue weighted by atomic mass is 32.1. The van der Waals surface area contributed by atoms with Crippen molar-refractivity contribution in [1.29, 1.82) is 0 Å². The third-order valence-electron chi connectivity index (χ3n) is 19.8. The highest BCUT2D eigenvalue weighted by Crippen LogP contribution is 2.60. The van der Waals surface area contributed by atoms with Gasteiger partial charge in [-0.15, -0.1) is 11.3 Å². The van der Waals surface area contributed by atoms with Gasteiger partial charge in [0.25, 0.3) is 0 Å². The number of hydrogen-bond donors (Lipinski definition) is 0. The molecule has 2 aliphatic rings. The minimum atomic E-state index is -0.406. The lowest BCUT2D eigenvalue weighted by Crippen LogP contribution is -2.24. The molecule has 426 valence electrons. The number of furan rings is 1. The molecule has 2 aliphatic carbocycles. The van der Waals surface area contributed by atoms with E-state index < -0.39 is 5.41 Å². The van der Waals surface area contributed by atoms with Gasteiger partial charge in [0.05, 0.1) is 11.4 Å². The number of nitrogens with zero attached hydrogens (tertiary/aromatic N) is 2. The van der Waals surface area contributed by atoms with Crippen LogP contribution in [0.1, 0.15) is 48.6 Å². The van der Waals surface area contributed by atoms with Crippen molar-refractivity contribution in [2.24, 2.45) is 0 Å². The van der Waals surface area contributed by atoms with Crippen LogP contribution in [0.4, 0.5) is 34.1 Å². The summed E-state index contributed by atoms with van der Waals surface area (Å²) in [6.07, 6.45) is 0.766. The summed E-state index contributed by atoms with van der Waals surface area (Å²) in [5.41, 5.74) is 24.4. The Morgan fingerprint density at radius 2 is 0.800 bits per heavy atom. The Kier molecular flexibility index (Phi) is 11.7. The first-order valence-electron chi connectivity index (χ1n) is 31.3. The van der Waals surface area contributed by atoms with Crippen molar-refractivity contribution >= 4 is 109 Å². The fraction of sp³-hybridized carbons (Fsp3) is 0.0698. The second-order valence-electron chi connectivity index (χ2n) is 25.4. The highest BCUT2D eigenvalue weighted by Gasteiger charge is 2.43. The molecule has 14 aromatic carbocycles. The molecule has 18 rings (SSSR count). The third-order valence-corrected chi connectivity index (χ3v) is 21.0. The molecule has 0 radical (unpaired) electrons. The molecule has 0 amide bonds. The normalized spacial score (nSPS) is 14.6. The zero-order valence-electron chi connectivity index (χ0n) is 50.2. The van der Waals surface area contributed by atoms with Crippen LogP contribution in [0.5, 0.6) is 0 Å². The molecule has 16 aromatic rings. The molecule has 1 atom stereocenters. The lowest BCUT2D eigenvalue weighted by molar-refractivity contribution is 0.582. The Labute approximate surface area is 527 Å². The van der Waals surface area contributed by atoms with Gasteiger partial charge in [0.1, 0.15) is 11.2 Å². The molecular formula is C86H60N2OS. The fourth-order valence-electron chi connectivity index (χ4n) is 15.5. The van der Waals surface area contributed by atoms with Crippen molar-refractivity contribution in [2.45, 2.75) is 38.0 Å². The molecule has 0 aliphatic heterocycles. The van der Waals surface area contributed by atoms with Gasteiger partial charge in [-0.05, 0) is 163 Å². The SMILES string of the molecule is CC1(C)c2ccccc2-c2c1cc1ccccc1c2N(c1ccc(-c2ccccc2)cc1)c1ccc2oc3cc(CC4(C)c5ccccc5-c5c4cc4ccccc4c5N(c4ccc(-c5ccccc5)cc4)c4ccc5sc6ccccc6c5c4)ccc3c2c1. The maximum atomic E-state index is 7.03. The molecule has 4 heteroatoms. The molecule has 0 saturated heterocycles. The van der Waals surface area contributed by atoms with E-state index in [9.17, 15) is 0 Å². The van der Waals surface area contributed by atoms with Crippen molar-refractivity contribution in [3.8, 4) is 44.5 Å². The van der Waals surface area contributed by atoms with Gasteiger partial charge in [0.15, 0.2) is 0 Å². The number of anilines is 6. The number of rotatable bonds is 10. The summed E-state index contributed by atoms with van der Waals surface area (Å²) in [5, 5.41) is 9.59. The quantitative estimate of drug-likeness (QED) is 0.136. The van der Waals surface area contributed by atoms with Crippen molar-refractivity contribution in [3.05, 3.63) is 325 Å². The van der Waals surface area contributed by atoms with Gasteiger partial charge in [0.2, 0.25) is 0 Å². The average molecular weight is 1170 g/mol. The summed E-state index contributed by atoms with van der Waals surface area (Å²) in [4.78, 5) is 5.06. The lowest BCUT2D eigenvalue weighted by atomic mass is 9.75. The highest BCUT2D eigenvalue weighted by molar-refractivity contribution is 7.25. The summed E-state index contributed by atoms with van der Waals surface area (Å²) in [7, 11) is 0. The Bertz CT molecular complexity index is 5560. The fourth-order valence-corrected chi connectivity index (χ4v) is 16.6. The first-order chi connectivity index (χ1) is 44.2. The van der Waals surface area contributed by atoms with Crippen LogP contribution in [0.3, 0.4) is 0 Å². The molecule has 0 saturated carbocycles. The Morgan fingerprint density at radius 1 is 0.322 bits per heavy atom. The van der Waals surface area contributed by atoms with Crippen LogP contribution in [-0.4, -0.2) is 0 Å². The van der Waals surface area contributed by atoms with Crippen molar-refractivity contribution < 1.29 is 4.42 Å². The molecule has 90 heavy (non-hydrogen) atoms. The van der Waals surface area contributed by atoms with Gasteiger partial charge in [-0.1, -0.05) is 233 Å². The molecule has 3 nitrogen and oxygen atoms in total. The number of benzene rings is 14.